The number of pyridine rings is 1. The number of rotatable bonds is 2. The molecule has 0 aliphatic heterocycles. The lowest BCUT2D eigenvalue weighted by Crippen LogP contribution is -1.97. The van der Waals surface area contributed by atoms with Crippen molar-refractivity contribution in [3.05, 3.63) is 42.6 Å². The zero-order valence-corrected chi connectivity index (χ0v) is 10.1. The second-order valence-corrected chi connectivity index (χ2v) is 5.79. The molecule has 2 N–H and O–H groups in total. The molecule has 0 saturated carbocycles. The third kappa shape index (κ3) is 2.62. The molecule has 2 rings (SSSR count). The fourth-order valence-corrected chi connectivity index (χ4v) is 2.15. The molecule has 2 aromatic rings. The number of hydrogen-bond acceptors (Lipinski definition) is 4. The largest absolute Gasteiger partial charge is 0.384 e. The van der Waals surface area contributed by atoms with Gasteiger partial charge in [-0.3, -0.25) is 0 Å². The van der Waals surface area contributed by atoms with Crippen LogP contribution in [0.5, 0.6) is 0 Å². The summed E-state index contributed by atoms with van der Waals surface area (Å²) in [6, 6.07) is 10.2. The number of benzene rings is 1. The summed E-state index contributed by atoms with van der Waals surface area (Å²) in [5.74, 6) is 0.438. The van der Waals surface area contributed by atoms with E-state index < -0.39 is 9.84 Å². The zero-order valence-electron chi connectivity index (χ0n) is 9.29. The van der Waals surface area contributed by atoms with E-state index in [-0.39, 0.29) is 0 Å². The van der Waals surface area contributed by atoms with Crippen molar-refractivity contribution in [2.24, 2.45) is 0 Å². The summed E-state index contributed by atoms with van der Waals surface area (Å²) in [5, 5.41) is 0. The maximum absolute atomic E-state index is 11.4. The minimum atomic E-state index is -3.19. The summed E-state index contributed by atoms with van der Waals surface area (Å²) in [6.07, 6.45) is 2.81. The highest BCUT2D eigenvalue weighted by atomic mass is 32.2. The van der Waals surface area contributed by atoms with Gasteiger partial charge in [0.15, 0.2) is 9.84 Å². The van der Waals surface area contributed by atoms with Crippen LogP contribution in [-0.2, 0) is 9.84 Å². The Labute approximate surface area is 100 Å². The van der Waals surface area contributed by atoms with Crippen LogP contribution in [0.25, 0.3) is 11.1 Å². The minimum absolute atomic E-state index is 0.298. The summed E-state index contributed by atoms with van der Waals surface area (Å²) < 4.78 is 22.9. The summed E-state index contributed by atoms with van der Waals surface area (Å²) in [7, 11) is -3.19. The third-order valence-electron chi connectivity index (χ3n) is 2.38. The van der Waals surface area contributed by atoms with Gasteiger partial charge in [-0.2, -0.15) is 0 Å². The molecular formula is C12H12N2O2S. The molecule has 0 spiro atoms. The van der Waals surface area contributed by atoms with Crippen LogP contribution in [0.2, 0.25) is 0 Å². The zero-order chi connectivity index (χ0) is 12.5. The Kier molecular flexibility index (Phi) is 2.85. The van der Waals surface area contributed by atoms with E-state index in [0.717, 1.165) is 11.1 Å². The second-order valence-electron chi connectivity index (χ2n) is 3.77. The molecule has 0 aliphatic rings. The number of hydrogen-bond donors (Lipinski definition) is 1. The Balaban J connectivity index is 2.50. The molecule has 0 fully saturated rings. The van der Waals surface area contributed by atoms with Crippen LogP contribution >= 0.6 is 0 Å². The lowest BCUT2D eigenvalue weighted by molar-refractivity contribution is 0.602. The molecule has 17 heavy (non-hydrogen) atoms. The number of nitrogens with zero attached hydrogens (tertiary/aromatic N) is 1. The van der Waals surface area contributed by atoms with E-state index >= 15 is 0 Å². The summed E-state index contributed by atoms with van der Waals surface area (Å²) in [4.78, 5) is 4.27. The topological polar surface area (TPSA) is 73.0 Å². The molecule has 0 amide bonds. The van der Waals surface area contributed by atoms with Crippen LogP contribution < -0.4 is 5.73 Å². The van der Waals surface area contributed by atoms with Crippen molar-refractivity contribution in [1.29, 1.82) is 0 Å². The predicted octanol–water partition coefficient (Wildman–Crippen LogP) is 1.73. The van der Waals surface area contributed by atoms with Crippen LogP contribution in [0.1, 0.15) is 0 Å². The van der Waals surface area contributed by atoms with Gasteiger partial charge in [0, 0.05) is 18.0 Å². The SMILES string of the molecule is CS(=O)(=O)c1cccc(-c2ccc(N)nc2)c1. The normalized spacial score (nSPS) is 11.4. The molecule has 0 atom stereocenters. The maximum atomic E-state index is 11.4. The van der Waals surface area contributed by atoms with Crippen molar-refractivity contribution in [2.75, 3.05) is 12.0 Å². The molecule has 5 heteroatoms. The van der Waals surface area contributed by atoms with E-state index in [2.05, 4.69) is 4.98 Å². The van der Waals surface area contributed by atoms with Crippen molar-refractivity contribution in [3.8, 4) is 11.1 Å². The van der Waals surface area contributed by atoms with E-state index in [9.17, 15) is 8.42 Å². The Morgan fingerprint density at radius 2 is 1.88 bits per heavy atom. The monoisotopic (exact) mass is 248 g/mol. The van der Waals surface area contributed by atoms with E-state index in [1.165, 1.54) is 6.26 Å². The van der Waals surface area contributed by atoms with E-state index in [0.29, 0.717) is 10.7 Å². The van der Waals surface area contributed by atoms with E-state index in [1.54, 1.807) is 30.5 Å². The average Bonchev–Trinajstić information content (AvgIpc) is 2.29. The van der Waals surface area contributed by atoms with Crippen LogP contribution in [-0.4, -0.2) is 19.7 Å². The Bertz CT molecular complexity index is 634. The quantitative estimate of drug-likeness (QED) is 0.878. The molecule has 0 bridgehead atoms. The summed E-state index contributed by atoms with van der Waals surface area (Å²) in [5.41, 5.74) is 7.14. The Hall–Kier alpha value is -1.88. The molecular weight excluding hydrogens is 236 g/mol. The average molecular weight is 248 g/mol. The van der Waals surface area contributed by atoms with Crippen molar-refractivity contribution in [3.63, 3.8) is 0 Å². The predicted molar refractivity (Wildman–Crippen MR) is 67.2 cm³/mol. The highest BCUT2D eigenvalue weighted by Crippen LogP contribution is 2.22. The molecule has 0 aliphatic carbocycles. The van der Waals surface area contributed by atoms with Crippen LogP contribution in [0.15, 0.2) is 47.5 Å². The van der Waals surface area contributed by atoms with Crippen molar-refractivity contribution < 1.29 is 8.42 Å². The molecule has 1 aromatic carbocycles. The van der Waals surface area contributed by atoms with Gasteiger partial charge < -0.3 is 5.73 Å². The van der Waals surface area contributed by atoms with Gasteiger partial charge in [-0.15, -0.1) is 0 Å². The lowest BCUT2D eigenvalue weighted by Gasteiger charge is -2.04. The first-order chi connectivity index (χ1) is 7.97. The third-order valence-corrected chi connectivity index (χ3v) is 3.49. The minimum Gasteiger partial charge on any atom is -0.384 e. The first kappa shape index (κ1) is 11.6. The highest BCUT2D eigenvalue weighted by molar-refractivity contribution is 7.90. The van der Waals surface area contributed by atoms with Gasteiger partial charge in [-0.05, 0) is 29.8 Å². The van der Waals surface area contributed by atoms with Crippen LogP contribution in [0, 0.1) is 0 Å². The molecule has 4 nitrogen and oxygen atoms in total. The molecule has 1 heterocycles. The molecule has 1 aromatic heterocycles. The lowest BCUT2D eigenvalue weighted by atomic mass is 10.1. The summed E-state index contributed by atoms with van der Waals surface area (Å²) >= 11 is 0. The van der Waals surface area contributed by atoms with Gasteiger partial charge in [-0.25, -0.2) is 13.4 Å². The number of nitrogen functional groups attached to an aromatic ring is 1. The smallest absolute Gasteiger partial charge is 0.175 e. The first-order valence-corrected chi connectivity index (χ1v) is 6.88. The van der Waals surface area contributed by atoms with Gasteiger partial charge in [-0.1, -0.05) is 12.1 Å². The first-order valence-electron chi connectivity index (χ1n) is 4.99. The van der Waals surface area contributed by atoms with Gasteiger partial charge in [0.2, 0.25) is 0 Å². The molecule has 0 radical (unpaired) electrons. The number of aromatic nitrogens is 1. The van der Waals surface area contributed by atoms with Gasteiger partial charge >= 0.3 is 0 Å². The highest BCUT2D eigenvalue weighted by Gasteiger charge is 2.08. The van der Waals surface area contributed by atoms with E-state index in [1.807, 2.05) is 12.1 Å². The second kappa shape index (κ2) is 4.18. The number of anilines is 1. The van der Waals surface area contributed by atoms with Crippen molar-refractivity contribution in [1.82, 2.24) is 4.98 Å². The number of nitrogens with two attached hydrogens (primary N) is 1. The Morgan fingerprint density at radius 1 is 1.12 bits per heavy atom. The van der Waals surface area contributed by atoms with E-state index in [4.69, 9.17) is 5.73 Å². The van der Waals surface area contributed by atoms with Crippen LogP contribution in [0.4, 0.5) is 5.82 Å². The maximum Gasteiger partial charge on any atom is 0.175 e. The van der Waals surface area contributed by atoms with Crippen molar-refractivity contribution in [2.45, 2.75) is 4.90 Å². The molecule has 0 saturated heterocycles. The standard InChI is InChI=1S/C12H12N2O2S/c1-17(15,16)11-4-2-3-9(7-11)10-5-6-12(13)14-8-10/h2-8H,1H3,(H2,13,14). The summed E-state index contributed by atoms with van der Waals surface area (Å²) in [6.45, 7) is 0. The molecule has 0 unspecified atom stereocenters. The van der Waals surface area contributed by atoms with Gasteiger partial charge in [0.05, 0.1) is 4.90 Å². The van der Waals surface area contributed by atoms with Gasteiger partial charge in [0.25, 0.3) is 0 Å². The van der Waals surface area contributed by atoms with Crippen molar-refractivity contribution >= 4 is 15.7 Å². The van der Waals surface area contributed by atoms with Gasteiger partial charge in [0.1, 0.15) is 5.82 Å². The fourth-order valence-electron chi connectivity index (χ4n) is 1.48. The Morgan fingerprint density at radius 3 is 2.47 bits per heavy atom. The molecule has 88 valence electrons. The number of sulfone groups is 1. The van der Waals surface area contributed by atoms with Crippen LogP contribution in [0.3, 0.4) is 0 Å². The fraction of sp³-hybridized carbons (Fsp3) is 0.0833.